The second-order valence-electron chi connectivity index (χ2n) is 2.16. The summed E-state index contributed by atoms with van der Waals surface area (Å²) in [5, 5.41) is 9.25. The molecule has 0 radical (unpaired) electrons. The van der Waals surface area contributed by atoms with E-state index >= 15 is 0 Å². The van der Waals surface area contributed by atoms with Gasteiger partial charge in [-0.25, -0.2) is 0 Å². The highest BCUT2D eigenvalue weighted by Crippen LogP contribution is 2.09. The van der Waals surface area contributed by atoms with Crippen molar-refractivity contribution in [2.75, 3.05) is 14.2 Å². The standard InChI is InChI=1S/C7H13ClN2O2/c1-5(8)4-6(12-3)10(2)7(9)11/h4,7,11H,1,9H2,2-3H3/b6-4+. The van der Waals surface area contributed by atoms with Crippen LogP contribution < -0.4 is 5.73 Å². The monoisotopic (exact) mass is 192 g/mol. The van der Waals surface area contributed by atoms with Crippen molar-refractivity contribution >= 4 is 11.6 Å². The maximum Gasteiger partial charge on any atom is 0.193 e. The molecule has 0 aliphatic carbocycles. The van der Waals surface area contributed by atoms with Crippen LogP contribution >= 0.6 is 11.6 Å². The van der Waals surface area contributed by atoms with Crippen LogP contribution in [0.5, 0.6) is 0 Å². The van der Waals surface area contributed by atoms with Gasteiger partial charge in [0.1, 0.15) is 0 Å². The minimum Gasteiger partial charge on any atom is -0.482 e. The minimum absolute atomic E-state index is 0.305. The molecule has 1 atom stereocenters. The van der Waals surface area contributed by atoms with Crippen molar-refractivity contribution in [2.24, 2.45) is 5.73 Å². The van der Waals surface area contributed by atoms with Gasteiger partial charge in [0, 0.05) is 18.2 Å². The number of rotatable bonds is 4. The minimum atomic E-state index is -1.12. The Morgan fingerprint density at radius 3 is 2.58 bits per heavy atom. The number of hydrogen-bond donors (Lipinski definition) is 2. The summed E-state index contributed by atoms with van der Waals surface area (Å²) in [5.41, 5.74) is 5.18. The zero-order valence-corrected chi connectivity index (χ0v) is 7.88. The van der Waals surface area contributed by atoms with Gasteiger partial charge in [0.05, 0.1) is 7.11 Å². The quantitative estimate of drug-likeness (QED) is 0.385. The molecule has 3 N–H and O–H groups in total. The molecule has 0 fully saturated rings. The Balaban J connectivity index is 4.44. The van der Waals surface area contributed by atoms with Gasteiger partial charge in [-0.3, -0.25) is 5.73 Å². The zero-order valence-electron chi connectivity index (χ0n) is 7.12. The Morgan fingerprint density at radius 2 is 2.33 bits per heavy atom. The van der Waals surface area contributed by atoms with Crippen molar-refractivity contribution in [3.05, 3.63) is 23.6 Å². The van der Waals surface area contributed by atoms with Crippen LogP contribution in [-0.4, -0.2) is 30.5 Å². The molecular formula is C7H13ClN2O2. The lowest BCUT2D eigenvalue weighted by atomic mass is 10.5. The SMILES string of the molecule is C=C(Cl)/C=C(/OC)N(C)C(N)O. The number of halogens is 1. The molecule has 0 saturated heterocycles. The molecule has 0 aromatic carbocycles. The molecule has 0 saturated carbocycles. The number of ether oxygens (including phenoxy) is 1. The van der Waals surface area contributed by atoms with Crippen LogP contribution in [0.25, 0.3) is 0 Å². The average molecular weight is 193 g/mol. The molecule has 0 amide bonds. The van der Waals surface area contributed by atoms with Crippen molar-refractivity contribution in [3.63, 3.8) is 0 Å². The Morgan fingerprint density at radius 1 is 1.83 bits per heavy atom. The maximum atomic E-state index is 8.95. The van der Waals surface area contributed by atoms with Gasteiger partial charge in [0.2, 0.25) is 0 Å². The molecular weight excluding hydrogens is 180 g/mol. The Kier molecular flexibility index (Phi) is 4.73. The smallest absolute Gasteiger partial charge is 0.193 e. The topological polar surface area (TPSA) is 58.7 Å². The van der Waals surface area contributed by atoms with E-state index in [-0.39, 0.29) is 0 Å². The summed E-state index contributed by atoms with van der Waals surface area (Å²) in [7, 11) is 3.02. The van der Waals surface area contributed by atoms with Crippen LogP contribution in [0.1, 0.15) is 0 Å². The largest absolute Gasteiger partial charge is 0.482 e. The van der Waals surface area contributed by atoms with E-state index in [1.807, 2.05) is 0 Å². The summed E-state index contributed by atoms with van der Waals surface area (Å²) >= 11 is 5.50. The van der Waals surface area contributed by atoms with E-state index < -0.39 is 6.35 Å². The number of aliphatic hydroxyl groups is 1. The third-order valence-corrected chi connectivity index (χ3v) is 1.34. The lowest BCUT2D eigenvalue weighted by molar-refractivity contribution is 0.00995. The van der Waals surface area contributed by atoms with E-state index in [2.05, 4.69) is 6.58 Å². The van der Waals surface area contributed by atoms with Gasteiger partial charge in [0.25, 0.3) is 0 Å². The fourth-order valence-electron chi connectivity index (χ4n) is 0.569. The van der Waals surface area contributed by atoms with Crippen LogP contribution in [0.15, 0.2) is 23.6 Å². The molecule has 0 rings (SSSR count). The van der Waals surface area contributed by atoms with Gasteiger partial charge in [-0.1, -0.05) is 18.2 Å². The van der Waals surface area contributed by atoms with Gasteiger partial charge in [0.15, 0.2) is 12.2 Å². The second kappa shape index (κ2) is 5.03. The van der Waals surface area contributed by atoms with Crippen molar-refractivity contribution < 1.29 is 9.84 Å². The summed E-state index contributed by atoms with van der Waals surface area (Å²) in [4.78, 5) is 1.31. The molecule has 12 heavy (non-hydrogen) atoms. The first-order valence-electron chi connectivity index (χ1n) is 3.25. The molecule has 0 aromatic heterocycles. The van der Waals surface area contributed by atoms with Crippen LogP contribution in [0.2, 0.25) is 0 Å². The number of hydrogen-bond acceptors (Lipinski definition) is 4. The molecule has 5 heteroatoms. The predicted molar refractivity (Wildman–Crippen MR) is 48.0 cm³/mol. The van der Waals surface area contributed by atoms with E-state index in [1.54, 1.807) is 7.05 Å². The van der Waals surface area contributed by atoms with Crippen LogP contribution in [0.4, 0.5) is 0 Å². The van der Waals surface area contributed by atoms with Crippen molar-refractivity contribution in [1.82, 2.24) is 4.90 Å². The van der Waals surface area contributed by atoms with Gasteiger partial charge < -0.3 is 14.7 Å². The lowest BCUT2D eigenvalue weighted by Crippen LogP contribution is -2.38. The fourth-order valence-corrected chi connectivity index (χ4v) is 0.662. The number of aliphatic hydroxyl groups excluding tert-OH is 1. The number of nitrogens with two attached hydrogens (primary N) is 1. The normalized spacial score (nSPS) is 13.9. The summed E-state index contributed by atoms with van der Waals surface area (Å²) in [6.45, 7) is 3.44. The molecule has 0 aliphatic rings. The average Bonchev–Trinajstić information content (AvgIpc) is 1.98. The van der Waals surface area contributed by atoms with E-state index in [0.29, 0.717) is 10.9 Å². The zero-order chi connectivity index (χ0) is 9.72. The first-order valence-corrected chi connectivity index (χ1v) is 3.63. The molecule has 70 valence electrons. The predicted octanol–water partition coefficient (Wildman–Crippen LogP) is 0.393. The third-order valence-electron chi connectivity index (χ3n) is 1.23. The van der Waals surface area contributed by atoms with Crippen molar-refractivity contribution in [2.45, 2.75) is 6.35 Å². The third kappa shape index (κ3) is 3.61. The van der Waals surface area contributed by atoms with Gasteiger partial charge in [-0.15, -0.1) is 0 Å². The van der Waals surface area contributed by atoms with Crippen LogP contribution in [-0.2, 0) is 4.74 Å². The highest BCUT2D eigenvalue weighted by Gasteiger charge is 2.09. The molecule has 0 aromatic rings. The van der Waals surface area contributed by atoms with Gasteiger partial charge >= 0.3 is 0 Å². The van der Waals surface area contributed by atoms with Crippen molar-refractivity contribution in [3.8, 4) is 0 Å². The van der Waals surface area contributed by atoms with E-state index in [1.165, 1.54) is 18.1 Å². The first kappa shape index (κ1) is 11.3. The maximum absolute atomic E-state index is 8.95. The van der Waals surface area contributed by atoms with Crippen LogP contribution in [0, 0.1) is 0 Å². The Bertz CT molecular complexity index is 192. The summed E-state index contributed by atoms with van der Waals surface area (Å²) in [6, 6.07) is 0. The molecule has 0 bridgehead atoms. The highest BCUT2D eigenvalue weighted by atomic mass is 35.5. The second-order valence-corrected chi connectivity index (χ2v) is 2.64. The van der Waals surface area contributed by atoms with E-state index in [0.717, 1.165) is 0 Å². The summed E-state index contributed by atoms with van der Waals surface area (Å²) in [5.74, 6) is 0.352. The fraction of sp³-hybridized carbons (Fsp3) is 0.429. The molecule has 4 nitrogen and oxygen atoms in total. The van der Waals surface area contributed by atoms with Crippen molar-refractivity contribution in [1.29, 1.82) is 0 Å². The number of nitrogens with zero attached hydrogens (tertiary/aromatic N) is 1. The molecule has 1 unspecified atom stereocenters. The molecule has 0 heterocycles. The lowest BCUT2D eigenvalue weighted by Gasteiger charge is -2.23. The van der Waals surface area contributed by atoms with Crippen LogP contribution in [0.3, 0.4) is 0 Å². The van der Waals surface area contributed by atoms with Gasteiger partial charge in [-0.05, 0) is 0 Å². The highest BCUT2D eigenvalue weighted by molar-refractivity contribution is 6.30. The van der Waals surface area contributed by atoms with Gasteiger partial charge in [-0.2, -0.15) is 0 Å². The number of allylic oxidation sites excluding steroid dienone is 2. The van der Waals surface area contributed by atoms with E-state index in [9.17, 15) is 0 Å². The Hall–Kier alpha value is -0.710. The summed E-state index contributed by atoms with van der Waals surface area (Å²) < 4.78 is 4.89. The molecule has 0 aliphatic heterocycles. The Labute approximate surface area is 76.9 Å². The number of methoxy groups -OCH3 is 1. The summed E-state index contributed by atoms with van der Waals surface area (Å²) in [6.07, 6.45) is 0.338. The first-order chi connectivity index (χ1) is 5.49. The van der Waals surface area contributed by atoms with E-state index in [4.69, 9.17) is 27.2 Å². The molecule has 0 spiro atoms.